The van der Waals surface area contributed by atoms with Gasteiger partial charge in [-0.2, -0.15) is 4.31 Å². The van der Waals surface area contributed by atoms with Crippen LogP contribution in [0.1, 0.15) is 39.5 Å². The summed E-state index contributed by atoms with van der Waals surface area (Å²) in [6, 6.07) is 7.17. The van der Waals surface area contributed by atoms with Gasteiger partial charge in [-0.25, -0.2) is 8.42 Å². The molecule has 3 nitrogen and oxygen atoms in total. The first-order valence-electron chi connectivity index (χ1n) is 7.18. The Balaban J connectivity index is 2.35. The molecule has 0 unspecified atom stereocenters. The van der Waals surface area contributed by atoms with E-state index < -0.39 is 10.0 Å². The van der Waals surface area contributed by atoms with E-state index >= 15 is 0 Å². The van der Waals surface area contributed by atoms with Gasteiger partial charge in [-0.05, 0) is 37.0 Å². The quantitative estimate of drug-likeness (QED) is 0.795. The molecule has 0 N–H and O–H groups in total. The third kappa shape index (κ3) is 3.62. The summed E-state index contributed by atoms with van der Waals surface area (Å²) in [4.78, 5) is 0.388. The van der Waals surface area contributed by atoms with Gasteiger partial charge in [-0.3, -0.25) is 0 Å². The molecule has 0 saturated heterocycles. The first-order valence-corrected chi connectivity index (χ1v) is 9.42. The Hall–Kier alpha value is -0.390. The molecule has 0 heterocycles. The highest BCUT2D eigenvalue weighted by atomic mass is 79.9. The molecule has 0 atom stereocenters. The minimum Gasteiger partial charge on any atom is -0.207 e. The van der Waals surface area contributed by atoms with E-state index in [1.54, 1.807) is 22.5 Å². The lowest BCUT2D eigenvalue weighted by molar-refractivity contribution is 0.292. The fourth-order valence-corrected chi connectivity index (χ4v) is 5.20. The standard InChI is InChI=1S/C15H22BrNO2S/c1-12(2)11-17(14-7-3-4-8-14)20(18,19)15-9-5-6-13(16)10-15/h5-6,9-10,12,14H,3-4,7-8,11H2,1-2H3. The van der Waals surface area contributed by atoms with Crippen molar-refractivity contribution in [1.82, 2.24) is 4.31 Å². The van der Waals surface area contributed by atoms with Gasteiger partial charge in [0.2, 0.25) is 10.0 Å². The summed E-state index contributed by atoms with van der Waals surface area (Å²) in [5, 5.41) is 0. The summed E-state index contributed by atoms with van der Waals surface area (Å²) in [7, 11) is -3.40. The van der Waals surface area contributed by atoms with Crippen LogP contribution in [0.2, 0.25) is 0 Å². The van der Waals surface area contributed by atoms with Gasteiger partial charge in [0.25, 0.3) is 0 Å². The summed E-state index contributed by atoms with van der Waals surface area (Å²) in [5.41, 5.74) is 0. The molecule has 112 valence electrons. The van der Waals surface area contributed by atoms with E-state index in [-0.39, 0.29) is 6.04 Å². The Labute approximate surface area is 130 Å². The van der Waals surface area contributed by atoms with Gasteiger partial charge >= 0.3 is 0 Å². The Morgan fingerprint density at radius 1 is 1.30 bits per heavy atom. The van der Waals surface area contributed by atoms with Crippen LogP contribution >= 0.6 is 15.9 Å². The maximum atomic E-state index is 12.9. The maximum Gasteiger partial charge on any atom is 0.243 e. The van der Waals surface area contributed by atoms with Gasteiger partial charge in [0.1, 0.15) is 0 Å². The van der Waals surface area contributed by atoms with Crippen LogP contribution < -0.4 is 0 Å². The van der Waals surface area contributed by atoms with E-state index in [0.29, 0.717) is 17.4 Å². The average molecular weight is 360 g/mol. The van der Waals surface area contributed by atoms with Crippen LogP contribution in [-0.2, 0) is 10.0 Å². The van der Waals surface area contributed by atoms with Gasteiger partial charge < -0.3 is 0 Å². The van der Waals surface area contributed by atoms with E-state index in [1.807, 2.05) is 6.07 Å². The Morgan fingerprint density at radius 2 is 1.95 bits per heavy atom. The van der Waals surface area contributed by atoms with Gasteiger partial charge in [-0.15, -0.1) is 0 Å². The predicted octanol–water partition coefficient (Wildman–Crippen LogP) is 4.04. The molecule has 0 spiro atoms. The number of hydrogen-bond donors (Lipinski definition) is 0. The van der Waals surface area contributed by atoms with Gasteiger partial charge in [0, 0.05) is 17.1 Å². The SMILES string of the molecule is CC(C)CN(C1CCCC1)S(=O)(=O)c1cccc(Br)c1. The molecular weight excluding hydrogens is 338 g/mol. The zero-order chi connectivity index (χ0) is 14.8. The molecule has 1 fully saturated rings. The smallest absolute Gasteiger partial charge is 0.207 e. The second kappa shape index (κ2) is 6.58. The zero-order valence-corrected chi connectivity index (χ0v) is 14.5. The lowest BCUT2D eigenvalue weighted by Crippen LogP contribution is -2.41. The normalized spacial score (nSPS) is 17.2. The van der Waals surface area contributed by atoms with Crippen molar-refractivity contribution < 1.29 is 8.42 Å². The summed E-state index contributed by atoms with van der Waals surface area (Å²) in [5.74, 6) is 0.331. The highest BCUT2D eigenvalue weighted by Crippen LogP contribution is 2.30. The first kappa shape index (κ1) is 16.0. The third-order valence-electron chi connectivity index (χ3n) is 3.68. The van der Waals surface area contributed by atoms with E-state index in [0.717, 1.165) is 30.2 Å². The monoisotopic (exact) mass is 359 g/mol. The molecule has 1 aromatic rings. The Bertz CT molecular complexity index is 551. The molecule has 1 aromatic carbocycles. The van der Waals surface area contributed by atoms with Crippen molar-refractivity contribution in [3.8, 4) is 0 Å². The fraction of sp³-hybridized carbons (Fsp3) is 0.600. The number of benzene rings is 1. The molecule has 1 aliphatic rings. The molecule has 0 aromatic heterocycles. The second-order valence-electron chi connectivity index (χ2n) is 5.86. The van der Waals surface area contributed by atoms with Crippen LogP contribution in [0.3, 0.4) is 0 Å². The summed E-state index contributed by atoms with van der Waals surface area (Å²) in [6.07, 6.45) is 4.24. The van der Waals surface area contributed by atoms with Gasteiger partial charge in [-0.1, -0.05) is 48.7 Å². The minimum atomic E-state index is -3.40. The van der Waals surface area contributed by atoms with Crippen LogP contribution in [0.4, 0.5) is 0 Å². The van der Waals surface area contributed by atoms with E-state index in [1.165, 1.54) is 0 Å². The van der Waals surface area contributed by atoms with Crippen LogP contribution in [0.5, 0.6) is 0 Å². The molecule has 2 rings (SSSR count). The number of nitrogens with zero attached hydrogens (tertiary/aromatic N) is 1. The number of halogens is 1. The largest absolute Gasteiger partial charge is 0.243 e. The zero-order valence-electron chi connectivity index (χ0n) is 12.0. The van der Waals surface area contributed by atoms with Crippen molar-refractivity contribution in [2.75, 3.05) is 6.54 Å². The molecule has 0 radical (unpaired) electrons. The molecule has 0 aliphatic heterocycles. The van der Waals surface area contributed by atoms with Crippen LogP contribution in [0, 0.1) is 5.92 Å². The fourth-order valence-electron chi connectivity index (χ4n) is 2.76. The van der Waals surface area contributed by atoms with Gasteiger partial charge in [0.05, 0.1) is 4.90 Å². The number of hydrogen-bond acceptors (Lipinski definition) is 2. The first-order chi connectivity index (χ1) is 9.41. The Kier molecular flexibility index (Phi) is 5.26. The van der Waals surface area contributed by atoms with Crippen LogP contribution in [-0.4, -0.2) is 25.3 Å². The molecule has 0 bridgehead atoms. The second-order valence-corrected chi connectivity index (χ2v) is 8.67. The highest BCUT2D eigenvalue weighted by Gasteiger charge is 2.33. The van der Waals surface area contributed by atoms with E-state index in [4.69, 9.17) is 0 Å². The molecule has 5 heteroatoms. The number of rotatable bonds is 5. The van der Waals surface area contributed by atoms with Gasteiger partial charge in [0.15, 0.2) is 0 Å². The Morgan fingerprint density at radius 3 is 2.50 bits per heavy atom. The molecular formula is C15H22BrNO2S. The van der Waals surface area contributed by atoms with Crippen LogP contribution in [0.15, 0.2) is 33.6 Å². The topological polar surface area (TPSA) is 37.4 Å². The number of sulfonamides is 1. The van der Waals surface area contributed by atoms with Crippen LogP contribution in [0.25, 0.3) is 0 Å². The average Bonchev–Trinajstić information content (AvgIpc) is 2.89. The maximum absolute atomic E-state index is 12.9. The summed E-state index contributed by atoms with van der Waals surface area (Å²) in [6.45, 7) is 4.73. The summed E-state index contributed by atoms with van der Waals surface area (Å²) >= 11 is 3.36. The molecule has 20 heavy (non-hydrogen) atoms. The molecule has 1 saturated carbocycles. The summed E-state index contributed by atoms with van der Waals surface area (Å²) < 4.78 is 28.4. The lowest BCUT2D eigenvalue weighted by Gasteiger charge is -2.29. The van der Waals surface area contributed by atoms with Crippen molar-refractivity contribution in [3.63, 3.8) is 0 Å². The highest BCUT2D eigenvalue weighted by molar-refractivity contribution is 9.10. The third-order valence-corrected chi connectivity index (χ3v) is 6.09. The van der Waals surface area contributed by atoms with E-state index in [9.17, 15) is 8.42 Å². The molecule has 0 amide bonds. The van der Waals surface area contributed by atoms with Crippen molar-refractivity contribution in [2.45, 2.75) is 50.5 Å². The predicted molar refractivity (Wildman–Crippen MR) is 85.1 cm³/mol. The lowest BCUT2D eigenvalue weighted by atomic mass is 10.2. The van der Waals surface area contributed by atoms with Crippen molar-refractivity contribution in [2.24, 2.45) is 5.92 Å². The van der Waals surface area contributed by atoms with Crippen molar-refractivity contribution >= 4 is 26.0 Å². The molecule has 1 aliphatic carbocycles. The minimum absolute atomic E-state index is 0.168. The van der Waals surface area contributed by atoms with Crippen molar-refractivity contribution in [3.05, 3.63) is 28.7 Å². The van der Waals surface area contributed by atoms with E-state index in [2.05, 4.69) is 29.8 Å². The van der Waals surface area contributed by atoms with Crippen molar-refractivity contribution in [1.29, 1.82) is 0 Å².